The molecule has 0 saturated heterocycles. The first kappa shape index (κ1) is 20.2. The molecule has 0 aromatic rings. The van der Waals surface area contributed by atoms with E-state index in [1.165, 1.54) is 96.3 Å². The highest BCUT2D eigenvalue weighted by Gasteiger charge is 2.40. The maximum absolute atomic E-state index is 9.81. The molecule has 3 aliphatic rings. The minimum Gasteiger partial charge on any atom is -0.198 e. The van der Waals surface area contributed by atoms with Gasteiger partial charge in [-0.3, -0.25) is 0 Å². The first-order chi connectivity index (χ1) is 12.7. The van der Waals surface area contributed by atoms with Crippen LogP contribution in [0.5, 0.6) is 0 Å². The summed E-state index contributed by atoms with van der Waals surface area (Å²) in [6.45, 7) is 4.60. The summed E-state index contributed by atoms with van der Waals surface area (Å²) in [6.07, 6.45) is 22.3. The largest absolute Gasteiger partial charge is 0.198 e. The third-order valence-electron chi connectivity index (χ3n) is 8.59. The first-order valence-corrected chi connectivity index (χ1v) is 12.1. The minimum absolute atomic E-state index is 0.0339. The third-order valence-corrected chi connectivity index (χ3v) is 8.59. The lowest BCUT2D eigenvalue weighted by Crippen LogP contribution is -2.34. The lowest BCUT2D eigenvalue weighted by molar-refractivity contribution is 0.0821. The maximum atomic E-state index is 9.81. The zero-order chi connectivity index (χ0) is 18.4. The number of nitriles is 1. The van der Waals surface area contributed by atoms with Gasteiger partial charge in [-0.05, 0) is 87.4 Å². The van der Waals surface area contributed by atoms with Gasteiger partial charge in [-0.2, -0.15) is 5.26 Å². The molecule has 3 fully saturated rings. The van der Waals surface area contributed by atoms with Crippen LogP contribution in [0.25, 0.3) is 0 Å². The lowest BCUT2D eigenvalue weighted by atomic mass is 9.61. The van der Waals surface area contributed by atoms with E-state index in [-0.39, 0.29) is 5.41 Å². The molecule has 0 aromatic carbocycles. The van der Waals surface area contributed by atoms with Gasteiger partial charge in [-0.1, -0.05) is 58.8 Å². The first-order valence-electron chi connectivity index (χ1n) is 12.1. The Labute approximate surface area is 163 Å². The fourth-order valence-electron chi connectivity index (χ4n) is 7.12. The molecule has 3 saturated carbocycles. The molecule has 0 spiro atoms. The number of hydrogen-bond acceptors (Lipinski definition) is 1. The molecule has 1 heteroatoms. The summed E-state index contributed by atoms with van der Waals surface area (Å²) in [4.78, 5) is 0. The van der Waals surface area contributed by atoms with E-state index in [9.17, 15) is 5.26 Å². The lowest BCUT2D eigenvalue weighted by Gasteiger charge is -2.43. The topological polar surface area (TPSA) is 23.8 Å². The van der Waals surface area contributed by atoms with E-state index >= 15 is 0 Å². The van der Waals surface area contributed by atoms with Crippen LogP contribution in [-0.4, -0.2) is 0 Å². The van der Waals surface area contributed by atoms with Crippen molar-refractivity contribution < 1.29 is 0 Å². The fraction of sp³-hybridized carbons (Fsp3) is 0.960. The van der Waals surface area contributed by atoms with Crippen LogP contribution < -0.4 is 0 Å². The highest BCUT2D eigenvalue weighted by molar-refractivity contribution is 5.03. The van der Waals surface area contributed by atoms with Crippen molar-refractivity contribution in [1.82, 2.24) is 0 Å². The van der Waals surface area contributed by atoms with Crippen molar-refractivity contribution in [3.8, 4) is 6.07 Å². The van der Waals surface area contributed by atoms with Crippen molar-refractivity contribution in [2.24, 2.45) is 35.0 Å². The Morgan fingerprint density at radius 1 is 0.769 bits per heavy atom. The quantitative estimate of drug-likeness (QED) is 0.474. The molecule has 0 N–H and O–H groups in total. The maximum Gasteiger partial charge on any atom is 0.0689 e. The predicted octanol–water partition coefficient (Wildman–Crippen LogP) is 7.90. The predicted molar refractivity (Wildman–Crippen MR) is 111 cm³/mol. The minimum atomic E-state index is 0.0339. The summed E-state index contributed by atoms with van der Waals surface area (Å²) in [5, 5.41) is 9.81. The van der Waals surface area contributed by atoms with Crippen LogP contribution in [0.1, 0.15) is 117 Å². The fourth-order valence-corrected chi connectivity index (χ4v) is 7.12. The Balaban J connectivity index is 1.46. The van der Waals surface area contributed by atoms with Gasteiger partial charge < -0.3 is 0 Å². The molecular weight excluding hydrogens is 314 g/mol. The van der Waals surface area contributed by atoms with Crippen LogP contribution in [-0.2, 0) is 0 Å². The van der Waals surface area contributed by atoms with Crippen LogP contribution in [0.3, 0.4) is 0 Å². The van der Waals surface area contributed by atoms with Gasteiger partial charge in [-0.25, -0.2) is 0 Å². The van der Waals surface area contributed by atoms with E-state index in [4.69, 9.17) is 0 Å². The molecule has 1 nitrogen and oxygen atoms in total. The van der Waals surface area contributed by atoms with E-state index in [2.05, 4.69) is 19.9 Å². The molecule has 0 aromatic heterocycles. The van der Waals surface area contributed by atoms with Crippen LogP contribution in [0.4, 0.5) is 0 Å². The van der Waals surface area contributed by atoms with Crippen molar-refractivity contribution in [2.75, 3.05) is 0 Å². The molecule has 0 heterocycles. The van der Waals surface area contributed by atoms with Crippen molar-refractivity contribution in [2.45, 2.75) is 117 Å². The molecule has 2 unspecified atom stereocenters. The van der Waals surface area contributed by atoms with E-state index in [1.54, 1.807) is 0 Å². The Kier molecular flexibility index (Phi) is 7.48. The standard InChI is InChI=1S/C25H43N/c1-3-6-20-8-10-21(11-9-20)22-12-14-23(15-13-22)24-7-5-17-25(18-24,19-26)16-4-2/h20-24H,3-18H2,1-2H3/t20-,21-,22?,23?,24?,25?. The molecule has 3 aliphatic carbocycles. The van der Waals surface area contributed by atoms with Gasteiger partial charge in [0.2, 0.25) is 0 Å². The highest BCUT2D eigenvalue weighted by Crippen LogP contribution is 2.50. The Hall–Kier alpha value is -0.510. The number of rotatable bonds is 6. The third kappa shape index (κ3) is 4.85. The molecule has 2 atom stereocenters. The van der Waals surface area contributed by atoms with Crippen molar-refractivity contribution in [3.63, 3.8) is 0 Å². The summed E-state index contributed by atoms with van der Waals surface area (Å²) >= 11 is 0. The molecule has 3 rings (SSSR count). The zero-order valence-electron chi connectivity index (χ0n) is 17.6. The molecule has 26 heavy (non-hydrogen) atoms. The molecule has 0 aliphatic heterocycles. The van der Waals surface area contributed by atoms with E-state index in [1.807, 2.05) is 0 Å². The second kappa shape index (κ2) is 9.61. The average Bonchev–Trinajstić information content (AvgIpc) is 2.69. The monoisotopic (exact) mass is 357 g/mol. The van der Waals surface area contributed by atoms with E-state index in [0.717, 1.165) is 36.0 Å². The smallest absolute Gasteiger partial charge is 0.0689 e. The van der Waals surface area contributed by atoms with Gasteiger partial charge in [0, 0.05) is 0 Å². The summed E-state index contributed by atoms with van der Waals surface area (Å²) in [5.74, 6) is 4.93. The summed E-state index contributed by atoms with van der Waals surface area (Å²) in [7, 11) is 0. The number of hydrogen-bond donors (Lipinski definition) is 0. The van der Waals surface area contributed by atoms with Crippen molar-refractivity contribution in [1.29, 1.82) is 5.26 Å². The highest BCUT2D eigenvalue weighted by atomic mass is 14.5. The Morgan fingerprint density at radius 3 is 1.88 bits per heavy atom. The second-order valence-corrected chi connectivity index (χ2v) is 10.2. The van der Waals surface area contributed by atoms with Gasteiger partial charge in [-0.15, -0.1) is 0 Å². The normalized spacial score (nSPS) is 41.5. The Bertz CT molecular complexity index is 443. The van der Waals surface area contributed by atoms with Crippen molar-refractivity contribution >= 4 is 0 Å². The molecule has 148 valence electrons. The van der Waals surface area contributed by atoms with Gasteiger partial charge in [0.05, 0.1) is 11.5 Å². The van der Waals surface area contributed by atoms with E-state index in [0.29, 0.717) is 0 Å². The zero-order valence-corrected chi connectivity index (χ0v) is 17.6. The molecule has 0 amide bonds. The van der Waals surface area contributed by atoms with Crippen LogP contribution in [0, 0.1) is 46.3 Å². The Morgan fingerprint density at radius 2 is 1.35 bits per heavy atom. The van der Waals surface area contributed by atoms with Gasteiger partial charge in [0.1, 0.15) is 0 Å². The van der Waals surface area contributed by atoms with E-state index < -0.39 is 0 Å². The summed E-state index contributed by atoms with van der Waals surface area (Å²) < 4.78 is 0. The van der Waals surface area contributed by atoms with Crippen LogP contribution >= 0.6 is 0 Å². The molecule has 0 radical (unpaired) electrons. The van der Waals surface area contributed by atoms with Gasteiger partial charge in [0.25, 0.3) is 0 Å². The molecule has 0 bridgehead atoms. The summed E-state index contributed by atoms with van der Waals surface area (Å²) in [6, 6.07) is 2.76. The second-order valence-electron chi connectivity index (χ2n) is 10.2. The SMILES string of the molecule is CCCC1(C#N)CCCC(C2CCC([C@H]3CC[C@H](CCC)CC3)CC2)C1. The average molecular weight is 358 g/mol. The van der Waals surface area contributed by atoms with Crippen LogP contribution in [0.2, 0.25) is 0 Å². The van der Waals surface area contributed by atoms with Crippen molar-refractivity contribution in [3.05, 3.63) is 0 Å². The number of nitrogens with zero attached hydrogens (tertiary/aromatic N) is 1. The summed E-state index contributed by atoms with van der Waals surface area (Å²) in [5.41, 5.74) is 0.0339. The van der Waals surface area contributed by atoms with Gasteiger partial charge >= 0.3 is 0 Å². The van der Waals surface area contributed by atoms with Gasteiger partial charge in [0.15, 0.2) is 0 Å². The molecular formula is C25H43N. The van der Waals surface area contributed by atoms with Crippen LogP contribution in [0.15, 0.2) is 0 Å².